The molecule has 0 heterocycles. The largest absolute Gasteiger partial charge is 0.464 e. The molecule has 4 nitrogen and oxygen atoms in total. The van der Waals surface area contributed by atoms with E-state index in [9.17, 15) is 18.0 Å². The SMILES string of the molecule is CCOC(=O)COCCN(C)CC(F)(F)F. The van der Waals surface area contributed by atoms with Crippen LogP contribution >= 0.6 is 0 Å². The molecule has 16 heavy (non-hydrogen) atoms. The van der Waals surface area contributed by atoms with E-state index in [4.69, 9.17) is 4.74 Å². The summed E-state index contributed by atoms with van der Waals surface area (Å²) in [6.45, 7) is 0.874. The van der Waals surface area contributed by atoms with Crippen LogP contribution in [0.2, 0.25) is 0 Å². The molecule has 7 heteroatoms. The zero-order valence-corrected chi connectivity index (χ0v) is 9.34. The van der Waals surface area contributed by atoms with E-state index in [1.54, 1.807) is 6.92 Å². The first-order valence-corrected chi connectivity index (χ1v) is 4.84. The highest BCUT2D eigenvalue weighted by Crippen LogP contribution is 2.15. The van der Waals surface area contributed by atoms with Gasteiger partial charge in [0.25, 0.3) is 0 Å². The number of halogens is 3. The Balaban J connectivity index is 3.48. The average Bonchev–Trinajstić information content (AvgIpc) is 2.10. The van der Waals surface area contributed by atoms with Crippen LogP contribution in [0.25, 0.3) is 0 Å². The molecular formula is C9H16F3NO3. The van der Waals surface area contributed by atoms with Crippen molar-refractivity contribution < 1.29 is 27.4 Å². The molecule has 0 spiro atoms. The molecule has 0 aliphatic carbocycles. The van der Waals surface area contributed by atoms with Gasteiger partial charge < -0.3 is 9.47 Å². The molecule has 0 N–H and O–H groups in total. The van der Waals surface area contributed by atoms with Gasteiger partial charge in [-0.05, 0) is 14.0 Å². The van der Waals surface area contributed by atoms with Crippen molar-refractivity contribution in [1.29, 1.82) is 0 Å². The van der Waals surface area contributed by atoms with Gasteiger partial charge in [0.05, 0.1) is 19.8 Å². The molecule has 0 aliphatic rings. The number of esters is 1. The topological polar surface area (TPSA) is 38.8 Å². The number of likely N-dealkylation sites (N-methyl/N-ethyl adjacent to an activating group) is 1. The summed E-state index contributed by atoms with van der Waals surface area (Å²) >= 11 is 0. The third-order valence-electron chi connectivity index (χ3n) is 1.59. The molecule has 0 aromatic rings. The van der Waals surface area contributed by atoms with E-state index in [1.807, 2.05) is 0 Å². The Labute approximate surface area is 92.3 Å². The van der Waals surface area contributed by atoms with Gasteiger partial charge in [0.1, 0.15) is 6.61 Å². The van der Waals surface area contributed by atoms with Crippen LogP contribution in [-0.4, -0.2) is 57.0 Å². The standard InChI is InChI=1S/C9H16F3NO3/c1-3-16-8(14)6-15-5-4-13(2)7-9(10,11)12/h3-7H2,1-2H3. The number of ether oxygens (including phenoxy) is 2. The van der Waals surface area contributed by atoms with Crippen LogP contribution in [0.1, 0.15) is 6.92 Å². The molecule has 0 atom stereocenters. The summed E-state index contributed by atoms with van der Waals surface area (Å²) in [6, 6.07) is 0. The fourth-order valence-electron chi connectivity index (χ4n) is 0.964. The molecule has 0 saturated heterocycles. The number of nitrogens with zero attached hydrogens (tertiary/aromatic N) is 1. The minimum Gasteiger partial charge on any atom is -0.464 e. The number of hydrogen-bond acceptors (Lipinski definition) is 4. The molecule has 0 fully saturated rings. The molecule has 0 rings (SSSR count). The number of carbonyl (C=O) groups is 1. The minimum absolute atomic E-state index is 0.0609. The van der Waals surface area contributed by atoms with Crippen molar-refractivity contribution in [2.45, 2.75) is 13.1 Å². The lowest BCUT2D eigenvalue weighted by atomic mass is 10.5. The van der Waals surface area contributed by atoms with E-state index in [2.05, 4.69) is 4.74 Å². The second kappa shape index (κ2) is 7.45. The highest BCUT2D eigenvalue weighted by molar-refractivity contribution is 5.70. The Morgan fingerprint density at radius 3 is 2.50 bits per heavy atom. The van der Waals surface area contributed by atoms with Crippen LogP contribution < -0.4 is 0 Å². The lowest BCUT2D eigenvalue weighted by molar-refractivity contribution is -0.151. The van der Waals surface area contributed by atoms with Crippen LogP contribution in [0.3, 0.4) is 0 Å². The van der Waals surface area contributed by atoms with Gasteiger partial charge in [-0.2, -0.15) is 13.2 Å². The van der Waals surface area contributed by atoms with Crippen LogP contribution in [-0.2, 0) is 14.3 Å². The van der Waals surface area contributed by atoms with Gasteiger partial charge >= 0.3 is 12.1 Å². The van der Waals surface area contributed by atoms with E-state index in [0.717, 1.165) is 4.90 Å². The first-order chi connectivity index (χ1) is 7.35. The molecule has 0 saturated carbocycles. The highest BCUT2D eigenvalue weighted by Gasteiger charge is 2.28. The summed E-state index contributed by atoms with van der Waals surface area (Å²) in [5.41, 5.74) is 0. The molecular weight excluding hydrogens is 227 g/mol. The van der Waals surface area contributed by atoms with Crippen molar-refractivity contribution in [2.75, 3.05) is 40.0 Å². The van der Waals surface area contributed by atoms with Crippen LogP contribution in [0, 0.1) is 0 Å². The zero-order chi connectivity index (χ0) is 12.6. The minimum atomic E-state index is -4.21. The summed E-state index contributed by atoms with van der Waals surface area (Å²) in [5.74, 6) is -0.513. The maximum Gasteiger partial charge on any atom is 0.401 e. The van der Waals surface area contributed by atoms with Crippen LogP contribution in [0.15, 0.2) is 0 Å². The predicted molar refractivity (Wildman–Crippen MR) is 51.0 cm³/mol. The van der Waals surface area contributed by atoms with Gasteiger partial charge in [0.2, 0.25) is 0 Å². The smallest absolute Gasteiger partial charge is 0.401 e. The zero-order valence-electron chi connectivity index (χ0n) is 9.34. The normalized spacial score (nSPS) is 11.9. The summed E-state index contributed by atoms with van der Waals surface area (Å²) in [4.78, 5) is 11.9. The fraction of sp³-hybridized carbons (Fsp3) is 0.889. The lowest BCUT2D eigenvalue weighted by Gasteiger charge is -2.18. The third-order valence-corrected chi connectivity index (χ3v) is 1.59. The summed E-state index contributed by atoms with van der Waals surface area (Å²) in [6.07, 6.45) is -4.21. The van der Waals surface area contributed by atoms with Crippen molar-refractivity contribution in [2.24, 2.45) is 0 Å². The quantitative estimate of drug-likeness (QED) is 0.495. The monoisotopic (exact) mass is 243 g/mol. The van der Waals surface area contributed by atoms with Gasteiger partial charge in [0, 0.05) is 6.54 Å². The van der Waals surface area contributed by atoms with Crippen molar-refractivity contribution >= 4 is 5.97 Å². The van der Waals surface area contributed by atoms with E-state index in [1.165, 1.54) is 7.05 Å². The van der Waals surface area contributed by atoms with Crippen LogP contribution in [0.5, 0.6) is 0 Å². The number of alkyl halides is 3. The van der Waals surface area contributed by atoms with Crippen LogP contribution in [0.4, 0.5) is 13.2 Å². The van der Waals surface area contributed by atoms with Crippen molar-refractivity contribution in [1.82, 2.24) is 4.90 Å². The highest BCUT2D eigenvalue weighted by atomic mass is 19.4. The number of hydrogen-bond donors (Lipinski definition) is 0. The Kier molecular flexibility index (Phi) is 7.07. The van der Waals surface area contributed by atoms with Crippen molar-refractivity contribution in [3.8, 4) is 0 Å². The third kappa shape index (κ3) is 9.72. The van der Waals surface area contributed by atoms with E-state index in [-0.39, 0.29) is 26.4 Å². The first-order valence-electron chi connectivity index (χ1n) is 4.84. The Bertz CT molecular complexity index is 209. The predicted octanol–water partition coefficient (Wildman–Crippen LogP) is 1.06. The van der Waals surface area contributed by atoms with E-state index >= 15 is 0 Å². The Hall–Kier alpha value is -0.820. The average molecular weight is 243 g/mol. The maximum absolute atomic E-state index is 11.9. The molecule has 0 aromatic heterocycles. The maximum atomic E-state index is 11.9. The second-order valence-electron chi connectivity index (χ2n) is 3.21. The van der Waals surface area contributed by atoms with Crippen molar-refractivity contribution in [3.63, 3.8) is 0 Å². The summed E-state index contributed by atoms with van der Waals surface area (Å²) in [7, 11) is 1.33. The van der Waals surface area contributed by atoms with Gasteiger partial charge in [-0.15, -0.1) is 0 Å². The Morgan fingerprint density at radius 2 is 2.00 bits per heavy atom. The number of rotatable bonds is 7. The van der Waals surface area contributed by atoms with Gasteiger partial charge in [-0.3, -0.25) is 4.90 Å². The fourth-order valence-corrected chi connectivity index (χ4v) is 0.964. The van der Waals surface area contributed by atoms with Crippen molar-refractivity contribution in [3.05, 3.63) is 0 Å². The lowest BCUT2D eigenvalue weighted by Crippen LogP contribution is -2.33. The molecule has 96 valence electrons. The Morgan fingerprint density at radius 1 is 1.38 bits per heavy atom. The van der Waals surface area contributed by atoms with E-state index in [0.29, 0.717) is 0 Å². The van der Waals surface area contributed by atoms with E-state index < -0.39 is 18.7 Å². The molecule has 0 bridgehead atoms. The molecule has 0 aromatic carbocycles. The second-order valence-corrected chi connectivity index (χ2v) is 3.21. The summed E-state index contributed by atoms with van der Waals surface area (Å²) < 4.78 is 45.1. The molecule has 0 radical (unpaired) electrons. The summed E-state index contributed by atoms with van der Waals surface area (Å²) in [5, 5.41) is 0. The van der Waals surface area contributed by atoms with Gasteiger partial charge in [-0.25, -0.2) is 4.79 Å². The molecule has 0 unspecified atom stereocenters. The molecule has 0 aliphatic heterocycles. The van der Waals surface area contributed by atoms with Gasteiger partial charge in [-0.1, -0.05) is 0 Å². The van der Waals surface area contributed by atoms with Gasteiger partial charge in [0.15, 0.2) is 0 Å². The number of carbonyl (C=O) groups excluding carboxylic acids is 1. The molecule has 0 amide bonds. The first kappa shape index (κ1) is 15.2.